The van der Waals surface area contributed by atoms with E-state index in [4.69, 9.17) is 5.73 Å². The topological polar surface area (TPSA) is 43.1 Å². The molecule has 2 nitrogen and oxygen atoms in total. The summed E-state index contributed by atoms with van der Waals surface area (Å²) in [5.41, 5.74) is 5.09. The van der Waals surface area contributed by atoms with Gasteiger partial charge in [-0.25, -0.2) is 8.78 Å². The zero-order valence-corrected chi connectivity index (χ0v) is 9.67. The molecule has 1 aromatic rings. The van der Waals surface area contributed by atoms with Gasteiger partial charge in [0.15, 0.2) is 17.4 Å². The summed E-state index contributed by atoms with van der Waals surface area (Å²) >= 11 is 0. The molecule has 0 radical (unpaired) electrons. The Balaban J connectivity index is 2.15. The quantitative estimate of drug-likeness (QED) is 0.875. The van der Waals surface area contributed by atoms with Crippen LogP contribution in [0.15, 0.2) is 18.2 Å². The molecule has 0 saturated heterocycles. The molecule has 2 N–H and O–H groups in total. The first-order valence-electron chi connectivity index (χ1n) is 5.68. The average Bonchev–Trinajstić information content (AvgIpc) is 3.08. The summed E-state index contributed by atoms with van der Waals surface area (Å²) < 4.78 is 26.4. The van der Waals surface area contributed by atoms with Gasteiger partial charge in [-0.1, -0.05) is 12.1 Å². The maximum absolute atomic E-state index is 13.4. The molecule has 17 heavy (non-hydrogen) atoms. The van der Waals surface area contributed by atoms with Crippen molar-refractivity contribution in [3.8, 4) is 0 Å². The Hall–Kier alpha value is -1.29. The summed E-state index contributed by atoms with van der Waals surface area (Å²) in [5, 5.41) is 0. The monoisotopic (exact) mass is 239 g/mol. The van der Waals surface area contributed by atoms with E-state index in [1.807, 2.05) is 0 Å². The van der Waals surface area contributed by atoms with Crippen LogP contribution in [0.4, 0.5) is 8.78 Å². The molecule has 1 aliphatic carbocycles. The highest BCUT2D eigenvalue weighted by Crippen LogP contribution is 2.39. The Bertz CT molecular complexity index is 453. The average molecular weight is 239 g/mol. The SMILES string of the molecule is CC(N)(C(=O)Cc1cccc(F)c1F)C1CC1. The molecule has 2 rings (SSSR count). The molecule has 92 valence electrons. The van der Waals surface area contributed by atoms with Gasteiger partial charge in [0.2, 0.25) is 0 Å². The highest BCUT2D eigenvalue weighted by molar-refractivity contribution is 5.90. The third-order valence-corrected chi connectivity index (χ3v) is 3.41. The number of rotatable bonds is 4. The van der Waals surface area contributed by atoms with Crippen LogP contribution < -0.4 is 5.73 Å². The second kappa shape index (κ2) is 4.18. The van der Waals surface area contributed by atoms with Crippen molar-refractivity contribution in [2.75, 3.05) is 0 Å². The molecule has 4 heteroatoms. The van der Waals surface area contributed by atoms with Gasteiger partial charge in [-0.05, 0) is 37.3 Å². The highest BCUT2D eigenvalue weighted by Gasteiger charge is 2.43. The number of hydrogen-bond acceptors (Lipinski definition) is 2. The van der Waals surface area contributed by atoms with Crippen LogP contribution in [0.3, 0.4) is 0 Å². The second-order valence-corrected chi connectivity index (χ2v) is 4.87. The van der Waals surface area contributed by atoms with Gasteiger partial charge < -0.3 is 5.73 Å². The van der Waals surface area contributed by atoms with Gasteiger partial charge in [0, 0.05) is 6.42 Å². The molecule has 0 amide bonds. The van der Waals surface area contributed by atoms with Crippen molar-refractivity contribution in [3.05, 3.63) is 35.4 Å². The molecule has 1 aromatic carbocycles. The van der Waals surface area contributed by atoms with E-state index in [2.05, 4.69) is 0 Å². The van der Waals surface area contributed by atoms with Crippen molar-refractivity contribution < 1.29 is 13.6 Å². The fourth-order valence-electron chi connectivity index (χ4n) is 1.96. The fourth-order valence-corrected chi connectivity index (χ4v) is 1.96. The van der Waals surface area contributed by atoms with Gasteiger partial charge in [-0.3, -0.25) is 4.79 Å². The van der Waals surface area contributed by atoms with Gasteiger partial charge in [0.1, 0.15) is 0 Å². The standard InChI is InChI=1S/C13H15F2NO/c1-13(16,9-5-6-9)11(17)7-8-3-2-4-10(14)12(8)15/h2-4,9H,5-7,16H2,1H3. The Morgan fingerprint density at radius 3 is 2.71 bits per heavy atom. The molecular weight excluding hydrogens is 224 g/mol. The predicted octanol–water partition coefficient (Wildman–Crippen LogP) is 2.20. The largest absolute Gasteiger partial charge is 0.319 e. The number of halogens is 2. The number of hydrogen-bond donors (Lipinski definition) is 1. The molecule has 1 aliphatic rings. The number of benzene rings is 1. The van der Waals surface area contributed by atoms with Gasteiger partial charge in [-0.15, -0.1) is 0 Å². The van der Waals surface area contributed by atoms with E-state index >= 15 is 0 Å². The van der Waals surface area contributed by atoms with Crippen molar-refractivity contribution in [2.24, 2.45) is 11.7 Å². The van der Waals surface area contributed by atoms with Crippen LogP contribution in [0.5, 0.6) is 0 Å². The molecule has 1 fully saturated rings. The predicted molar refractivity (Wildman–Crippen MR) is 60.4 cm³/mol. The van der Waals surface area contributed by atoms with E-state index in [1.165, 1.54) is 12.1 Å². The first-order valence-corrected chi connectivity index (χ1v) is 5.68. The summed E-state index contributed by atoms with van der Waals surface area (Å²) in [4.78, 5) is 12.0. The molecule has 0 aromatic heterocycles. The summed E-state index contributed by atoms with van der Waals surface area (Å²) in [6.45, 7) is 1.67. The van der Waals surface area contributed by atoms with Gasteiger partial charge >= 0.3 is 0 Å². The molecule has 1 atom stereocenters. The van der Waals surface area contributed by atoms with E-state index in [9.17, 15) is 13.6 Å². The number of nitrogens with two attached hydrogens (primary N) is 1. The van der Waals surface area contributed by atoms with Gasteiger partial charge in [-0.2, -0.15) is 0 Å². The van der Waals surface area contributed by atoms with E-state index in [0.717, 1.165) is 18.9 Å². The summed E-state index contributed by atoms with van der Waals surface area (Å²) in [7, 11) is 0. The Labute approximate surface area is 98.8 Å². The lowest BCUT2D eigenvalue weighted by molar-refractivity contribution is -0.123. The van der Waals surface area contributed by atoms with Crippen LogP contribution in [0, 0.1) is 17.6 Å². The van der Waals surface area contributed by atoms with Gasteiger partial charge in [0.05, 0.1) is 5.54 Å². The third-order valence-electron chi connectivity index (χ3n) is 3.41. The molecule has 1 saturated carbocycles. The maximum Gasteiger partial charge on any atom is 0.162 e. The Morgan fingerprint density at radius 1 is 1.47 bits per heavy atom. The molecular formula is C13H15F2NO. The van der Waals surface area contributed by atoms with Crippen molar-refractivity contribution in [1.29, 1.82) is 0 Å². The molecule has 0 heterocycles. The zero-order chi connectivity index (χ0) is 12.6. The van der Waals surface area contributed by atoms with Crippen LogP contribution in [-0.2, 0) is 11.2 Å². The highest BCUT2D eigenvalue weighted by atomic mass is 19.2. The molecule has 0 bridgehead atoms. The molecule has 0 aliphatic heterocycles. The van der Waals surface area contributed by atoms with Crippen molar-refractivity contribution >= 4 is 5.78 Å². The number of Topliss-reactive ketones (excluding diaryl/α,β-unsaturated/α-hetero) is 1. The van der Waals surface area contributed by atoms with Crippen molar-refractivity contribution in [2.45, 2.75) is 31.7 Å². The number of carbonyl (C=O) groups is 1. The second-order valence-electron chi connectivity index (χ2n) is 4.87. The van der Waals surface area contributed by atoms with Crippen LogP contribution in [-0.4, -0.2) is 11.3 Å². The lowest BCUT2D eigenvalue weighted by atomic mass is 9.88. The van der Waals surface area contributed by atoms with Crippen LogP contribution in [0.2, 0.25) is 0 Å². The number of carbonyl (C=O) groups excluding carboxylic acids is 1. The number of ketones is 1. The van der Waals surface area contributed by atoms with E-state index in [-0.39, 0.29) is 23.7 Å². The van der Waals surface area contributed by atoms with Crippen molar-refractivity contribution in [3.63, 3.8) is 0 Å². The summed E-state index contributed by atoms with van der Waals surface area (Å²) in [5.74, 6) is -1.93. The van der Waals surface area contributed by atoms with E-state index < -0.39 is 17.2 Å². The van der Waals surface area contributed by atoms with Crippen molar-refractivity contribution in [1.82, 2.24) is 0 Å². The summed E-state index contributed by atoms with van der Waals surface area (Å²) in [6.07, 6.45) is 1.72. The minimum atomic E-state index is -0.951. The smallest absolute Gasteiger partial charge is 0.162 e. The zero-order valence-electron chi connectivity index (χ0n) is 9.67. The Kier molecular flexibility index (Phi) is 3.00. The molecule has 1 unspecified atom stereocenters. The minimum absolute atomic E-state index is 0.0762. The lowest BCUT2D eigenvalue weighted by Crippen LogP contribution is -2.48. The van der Waals surface area contributed by atoms with Crippen LogP contribution in [0.25, 0.3) is 0 Å². The fraction of sp³-hybridized carbons (Fsp3) is 0.462. The lowest BCUT2D eigenvalue weighted by Gasteiger charge is -2.22. The first-order chi connectivity index (χ1) is 7.93. The molecule has 0 spiro atoms. The van der Waals surface area contributed by atoms with E-state index in [0.29, 0.717) is 0 Å². The van der Waals surface area contributed by atoms with Crippen LogP contribution in [0.1, 0.15) is 25.3 Å². The van der Waals surface area contributed by atoms with E-state index in [1.54, 1.807) is 6.92 Å². The maximum atomic E-state index is 13.4. The minimum Gasteiger partial charge on any atom is -0.319 e. The summed E-state index contributed by atoms with van der Waals surface area (Å²) in [6, 6.07) is 3.84. The third kappa shape index (κ3) is 2.36. The first kappa shape index (κ1) is 12.2. The Morgan fingerprint density at radius 2 is 2.12 bits per heavy atom. The van der Waals surface area contributed by atoms with Gasteiger partial charge in [0.25, 0.3) is 0 Å². The van der Waals surface area contributed by atoms with Crippen LogP contribution >= 0.6 is 0 Å². The normalized spacial score (nSPS) is 18.8.